The van der Waals surface area contributed by atoms with Crippen LogP contribution in [0.5, 0.6) is 5.75 Å². The van der Waals surface area contributed by atoms with Crippen LogP contribution < -0.4 is 0 Å². The number of halogens is 1. The number of benzene rings is 1. The van der Waals surface area contributed by atoms with E-state index in [1.54, 1.807) is 23.1 Å². The second kappa shape index (κ2) is 5.38. The standard InChI is InChI=1S/C12H14ClNO3/c13-7-9-8-14(5-6-17-9)12(16)10-3-1-2-4-11(10)15/h1-4,9,15H,5-8H2. The molecule has 1 fully saturated rings. The molecule has 1 N–H and O–H groups in total. The summed E-state index contributed by atoms with van der Waals surface area (Å²) in [5.41, 5.74) is 0.322. The molecular weight excluding hydrogens is 242 g/mol. The number of hydrogen-bond donors (Lipinski definition) is 1. The Hall–Kier alpha value is -1.26. The summed E-state index contributed by atoms with van der Waals surface area (Å²) in [5, 5.41) is 9.63. The summed E-state index contributed by atoms with van der Waals surface area (Å²) in [5.74, 6) is 0.192. The van der Waals surface area contributed by atoms with Crippen molar-refractivity contribution in [3.05, 3.63) is 29.8 Å². The summed E-state index contributed by atoms with van der Waals surface area (Å²) in [6, 6.07) is 6.54. The molecule has 1 aromatic carbocycles. The first-order valence-electron chi connectivity index (χ1n) is 5.47. The Morgan fingerprint density at radius 3 is 3.00 bits per heavy atom. The minimum Gasteiger partial charge on any atom is -0.507 e. The number of amides is 1. The highest BCUT2D eigenvalue weighted by molar-refractivity contribution is 6.18. The molecule has 0 radical (unpaired) electrons. The number of phenolic OH excluding ortho intramolecular Hbond substituents is 1. The molecule has 1 heterocycles. The zero-order chi connectivity index (χ0) is 12.3. The molecule has 1 aromatic rings. The molecule has 1 saturated heterocycles. The molecule has 0 spiro atoms. The molecule has 17 heavy (non-hydrogen) atoms. The lowest BCUT2D eigenvalue weighted by atomic mass is 10.1. The third-order valence-electron chi connectivity index (χ3n) is 2.73. The van der Waals surface area contributed by atoms with Crippen molar-refractivity contribution in [3.63, 3.8) is 0 Å². The quantitative estimate of drug-likeness (QED) is 0.815. The van der Waals surface area contributed by atoms with Crippen LogP contribution in [0.2, 0.25) is 0 Å². The lowest BCUT2D eigenvalue weighted by molar-refractivity contribution is -0.0109. The van der Waals surface area contributed by atoms with Crippen LogP contribution in [-0.4, -0.2) is 47.6 Å². The zero-order valence-corrected chi connectivity index (χ0v) is 10.1. The molecule has 1 atom stereocenters. The molecule has 0 saturated carbocycles. The van der Waals surface area contributed by atoms with Gasteiger partial charge in [-0.1, -0.05) is 12.1 Å². The van der Waals surface area contributed by atoms with Crippen molar-refractivity contribution in [2.24, 2.45) is 0 Å². The first-order chi connectivity index (χ1) is 8.22. The Morgan fingerprint density at radius 1 is 1.53 bits per heavy atom. The maximum atomic E-state index is 12.1. The molecule has 1 unspecified atom stereocenters. The van der Waals surface area contributed by atoms with Gasteiger partial charge in [0.25, 0.3) is 5.91 Å². The maximum absolute atomic E-state index is 12.1. The van der Waals surface area contributed by atoms with E-state index in [9.17, 15) is 9.90 Å². The summed E-state index contributed by atoms with van der Waals surface area (Å²) >= 11 is 5.72. The Kier molecular flexibility index (Phi) is 3.86. The number of carbonyl (C=O) groups is 1. The average molecular weight is 256 g/mol. The molecule has 2 rings (SSSR count). The normalized spacial score (nSPS) is 20.3. The molecular formula is C12H14ClNO3. The van der Waals surface area contributed by atoms with Crippen molar-refractivity contribution in [2.45, 2.75) is 6.10 Å². The van der Waals surface area contributed by atoms with E-state index >= 15 is 0 Å². The fourth-order valence-electron chi connectivity index (χ4n) is 1.82. The largest absolute Gasteiger partial charge is 0.507 e. The van der Waals surface area contributed by atoms with Gasteiger partial charge in [0.2, 0.25) is 0 Å². The van der Waals surface area contributed by atoms with Gasteiger partial charge in [-0.2, -0.15) is 0 Å². The fourth-order valence-corrected chi connectivity index (χ4v) is 2.01. The molecule has 0 bridgehead atoms. The number of para-hydroxylation sites is 1. The van der Waals surface area contributed by atoms with Gasteiger partial charge in [0, 0.05) is 13.1 Å². The average Bonchev–Trinajstić information content (AvgIpc) is 2.38. The third kappa shape index (κ3) is 2.70. The van der Waals surface area contributed by atoms with Crippen LogP contribution in [0.15, 0.2) is 24.3 Å². The Labute approximate surface area is 105 Å². The van der Waals surface area contributed by atoms with Crippen LogP contribution in [-0.2, 0) is 4.74 Å². The smallest absolute Gasteiger partial charge is 0.257 e. The number of nitrogens with zero attached hydrogens (tertiary/aromatic N) is 1. The highest BCUT2D eigenvalue weighted by Gasteiger charge is 2.25. The monoisotopic (exact) mass is 255 g/mol. The fraction of sp³-hybridized carbons (Fsp3) is 0.417. The number of aromatic hydroxyl groups is 1. The second-order valence-corrected chi connectivity index (χ2v) is 4.22. The summed E-state index contributed by atoms with van der Waals surface area (Å²) in [7, 11) is 0. The summed E-state index contributed by atoms with van der Waals surface area (Å²) in [4.78, 5) is 13.8. The van der Waals surface area contributed by atoms with Crippen LogP contribution >= 0.6 is 11.6 Å². The van der Waals surface area contributed by atoms with Crippen LogP contribution in [0.25, 0.3) is 0 Å². The minimum atomic E-state index is -0.179. The number of phenols is 1. The van der Waals surface area contributed by atoms with Crippen molar-refractivity contribution in [3.8, 4) is 5.75 Å². The van der Waals surface area contributed by atoms with Gasteiger partial charge in [-0.05, 0) is 12.1 Å². The van der Waals surface area contributed by atoms with Crippen molar-refractivity contribution in [2.75, 3.05) is 25.6 Å². The van der Waals surface area contributed by atoms with E-state index in [1.807, 2.05) is 0 Å². The highest BCUT2D eigenvalue weighted by Crippen LogP contribution is 2.19. The molecule has 1 aliphatic rings. The molecule has 92 valence electrons. The number of alkyl halides is 1. The lowest BCUT2D eigenvalue weighted by Gasteiger charge is -2.32. The van der Waals surface area contributed by atoms with E-state index in [0.717, 1.165) is 0 Å². The van der Waals surface area contributed by atoms with E-state index in [0.29, 0.717) is 31.1 Å². The number of carbonyl (C=O) groups excluding carboxylic acids is 1. The first kappa shape index (κ1) is 12.2. The predicted molar refractivity (Wildman–Crippen MR) is 64.5 cm³/mol. The van der Waals surface area contributed by atoms with Gasteiger partial charge in [0.1, 0.15) is 5.75 Å². The number of hydrogen-bond acceptors (Lipinski definition) is 3. The van der Waals surface area contributed by atoms with E-state index in [2.05, 4.69) is 0 Å². The Balaban J connectivity index is 2.12. The van der Waals surface area contributed by atoms with Gasteiger partial charge < -0.3 is 14.7 Å². The van der Waals surface area contributed by atoms with Crippen LogP contribution in [0, 0.1) is 0 Å². The van der Waals surface area contributed by atoms with E-state index in [-0.39, 0.29) is 17.8 Å². The van der Waals surface area contributed by atoms with Gasteiger partial charge in [-0.25, -0.2) is 0 Å². The third-order valence-corrected chi connectivity index (χ3v) is 3.08. The summed E-state index contributed by atoms with van der Waals surface area (Å²) in [6.45, 7) is 1.48. The maximum Gasteiger partial charge on any atom is 0.257 e. The van der Waals surface area contributed by atoms with Gasteiger partial charge in [0.05, 0.1) is 24.2 Å². The van der Waals surface area contributed by atoms with E-state index in [4.69, 9.17) is 16.3 Å². The Morgan fingerprint density at radius 2 is 2.29 bits per heavy atom. The molecule has 1 aliphatic heterocycles. The van der Waals surface area contributed by atoms with Gasteiger partial charge in [-0.3, -0.25) is 4.79 Å². The van der Waals surface area contributed by atoms with E-state index < -0.39 is 0 Å². The topological polar surface area (TPSA) is 49.8 Å². The van der Waals surface area contributed by atoms with Crippen molar-refractivity contribution < 1.29 is 14.6 Å². The van der Waals surface area contributed by atoms with Gasteiger partial charge in [-0.15, -0.1) is 11.6 Å². The minimum absolute atomic E-state index is 0.00594. The SMILES string of the molecule is O=C(c1ccccc1O)N1CCOC(CCl)C1. The van der Waals surface area contributed by atoms with Crippen LogP contribution in [0.4, 0.5) is 0 Å². The molecule has 5 heteroatoms. The highest BCUT2D eigenvalue weighted by atomic mass is 35.5. The Bertz CT molecular complexity index is 410. The molecule has 4 nitrogen and oxygen atoms in total. The number of rotatable bonds is 2. The van der Waals surface area contributed by atoms with E-state index in [1.165, 1.54) is 6.07 Å². The summed E-state index contributed by atoms with van der Waals surface area (Å²) in [6.07, 6.45) is -0.125. The van der Waals surface area contributed by atoms with Gasteiger partial charge in [0.15, 0.2) is 0 Å². The van der Waals surface area contributed by atoms with Gasteiger partial charge >= 0.3 is 0 Å². The van der Waals surface area contributed by atoms with Crippen LogP contribution in [0.1, 0.15) is 10.4 Å². The number of morpholine rings is 1. The predicted octanol–water partition coefficient (Wildman–Crippen LogP) is 1.47. The zero-order valence-electron chi connectivity index (χ0n) is 9.30. The molecule has 0 aromatic heterocycles. The number of ether oxygens (including phenoxy) is 1. The first-order valence-corrected chi connectivity index (χ1v) is 6.00. The lowest BCUT2D eigenvalue weighted by Crippen LogP contribution is -2.46. The molecule has 0 aliphatic carbocycles. The van der Waals surface area contributed by atoms with Crippen molar-refractivity contribution >= 4 is 17.5 Å². The molecule has 1 amide bonds. The summed E-state index contributed by atoms with van der Waals surface area (Å²) < 4.78 is 5.39. The van der Waals surface area contributed by atoms with Crippen molar-refractivity contribution in [1.82, 2.24) is 4.90 Å². The second-order valence-electron chi connectivity index (χ2n) is 3.92. The van der Waals surface area contributed by atoms with Crippen molar-refractivity contribution in [1.29, 1.82) is 0 Å². The van der Waals surface area contributed by atoms with Crippen LogP contribution in [0.3, 0.4) is 0 Å².